The van der Waals surface area contributed by atoms with Crippen molar-refractivity contribution in [2.75, 3.05) is 0 Å². The summed E-state index contributed by atoms with van der Waals surface area (Å²) in [4.78, 5) is 12.0. The zero-order valence-corrected chi connectivity index (χ0v) is 11.0. The average molecular weight is 283 g/mol. The van der Waals surface area contributed by atoms with Crippen molar-refractivity contribution in [3.63, 3.8) is 0 Å². The van der Waals surface area contributed by atoms with Crippen LogP contribution in [0, 0.1) is 0 Å². The van der Waals surface area contributed by atoms with Gasteiger partial charge < -0.3 is 0 Å². The maximum atomic E-state index is 11.1. The van der Waals surface area contributed by atoms with E-state index >= 15 is 0 Å². The van der Waals surface area contributed by atoms with Crippen LogP contribution < -0.4 is 0 Å². The van der Waals surface area contributed by atoms with Gasteiger partial charge in [0.25, 0.3) is 0 Å². The zero-order chi connectivity index (χ0) is 12.3. The summed E-state index contributed by atoms with van der Waals surface area (Å²) in [6.45, 7) is 0. The Balaban J connectivity index is 2.68. The van der Waals surface area contributed by atoms with E-state index in [-0.39, 0.29) is 0 Å². The van der Waals surface area contributed by atoms with E-state index in [1.165, 1.54) is 0 Å². The third-order valence-electron chi connectivity index (χ3n) is 2.43. The topological polar surface area (TPSA) is 17.1 Å². The molecule has 0 aliphatic rings. The molecule has 0 amide bonds. The Morgan fingerprint density at radius 3 is 2.41 bits per heavy atom. The highest BCUT2D eigenvalue weighted by Gasteiger charge is 2.11. The summed E-state index contributed by atoms with van der Waals surface area (Å²) in [7, 11) is 6.94. The normalized spacial score (nSPS) is 10.2. The highest BCUT2D eigenvalue weighted by Crippen LogP contribution is 2.36. The number of carbonyl (C=O) groups excluding carboxylic acids is 1. The Morgan fingerprint density at radius 2 is 1.71 bits per heavy atom. The van der Waals surface area contributed by atoms with Gasteiger partial charge in [0, 0.05) is 10.5 Å². The van der Waals surface area contributed by atoms with Gasteiger partial charge in [-0.2, -0.15) is 0 Å². The van der Waals surface area contributed by atoms with Gasteiger partial charge in [0.05, 0.1) is 5.02 Å². The molecule has 0 spiro atoms. The van der Waals surface area contributed by atoms with Crippen LogP contribution in [0.1, 0.15) is 10.4 Å². The molecule has 2 aromatic carbocycles. The minimum atomic E-state index is 0.451. The van der Waals surface area contributed by atoms with Gasteiger partial charge in [-0.15, -0.1) is 0 Å². The van der Waals surface area contributed by atoms with Crippen LogP contribution in [-0.2, 0) is 0 Å². The number of benzene rings is 2. The van der Waals surface area contributed by atoms with E-state index in [0.717, 1.165) is 33.3 Å². The van der Waals surface area contributed by atoms with Crippen molar-refractivity contribution in [2.45, 2.75) is 4.90 Å². The summed E-state index contributed by atoms with van der Waals surface area (Å²) in [5, 5.41) is 0.451. The first-order valence-electron chi connectivity index (χ1n) is 4.89. The number of hydrogen-bond acceptors (Lipinski definition) is 2. The largest absolute Gasteiger partial charge is 0.298 e. The summed E-state index contributed by atoms with van der Waals surface area (Å²) < 4.78 is 0. The molecule has 86 valence electrons. The average Bonchev–Trinajstić information content (AvgIpc) is 2.38. The van der Waals surface area contributed by atoms with Gasteiger partial charge >= 0.3 is 0 Å². The lowest BCUT2D eigenvalue weighted by Crippen LogP contribution is -1.90. The third kappa shape index (κ3) is 2.49. The van der Waals surface area contributed by atoms with E-state index in [1.54, 1.807) is 6.07 Å². The van der Waals surface area contributed by atoms with Gasteiger partial charge in [0.2, 0.25) is 0 Å². The van der Waals surface area contributed by atoms with Crippen molar-refractivity contribution >= 4 is 39.5 Å². The van der Waals surface area contributed by atoms with Gasteiger partial charge in [-0.25, -0.2) is 0 Å². The Morgan fingerprint density at radius 1 is 1.00 bits per heavy atom. The van der Waals surface area contributed by atoms with Crippen molar-refractivity contribution in [1.29, 1.82) is 0 Å². The van der Waals surface area contributed by atoms with Crippen LogP contribution in [-0.4, -0.2) is 6.29 Å². The second-order valence-electron chi connectivity index (χ2n) is 3.39. The first kappa shape index (κ1) is 12.5. The molecule has 0 bridgehead atoms. The Bertz CT molecular complexity index is 555. The van der Waals surface area contributed by atoms with E-state index < -0.39 is 0 Å². The summed E-state index contributed by atoms with van der Waals surface area (Å²) in [6.07, 6.45) is 0.771. The van der Waals surface area contributed by atoms with Crippen molar-refractivity contribution in [3.05, 3.63) is 53.1 Å². The van der Waals surface area contributed by atoms with Crippen molar-refractivity contribution in [2.24, 2.45) is 0 Å². The summed E-state index contributed by atoms with van der Waals surface area (Å²) in [5.74, 6) is 0. The molecular weight excluding hydrogens is 275 g/mol. The highest BCUT2D eigenvalue weighted by atomic mass is 35.7. The minimum absolute atomic E-state index is 0.451. The van der Waals surface area contributed by atoms with Crippen LogP contribution in [0.15, 0.2) is 47.4 Å². The van der Waals surface area contributed by atoms with Gasteiger partial charge in [-0.1, -0.05) is 41.9 Å². The molecule has 0 aliphatic heterocycles. The second kappa shape index (κ2) is 5.58. The molecular formula is C13H8Cl2OS. The lowest BCUT2D eigenvalue weighted by atomic mass is 10.0. The first-order valence-corrected chi connectivity index (χ1v) is 6.91. The first-order chi connectivity index (χ1) is 8.27. The predicted molar refractivity (Wildman–Crippen MR) is 74.0 cm³/mol. The second-order valence-corrected chi connectivity index (χ2v) is 4.86. The van der Waals surface area contributed by atoms with Crippen LogP contribution in [0.25, 0.3) is 11.1 Å². The lowest BCUT2D eigenvalue weighted by Gasteiger charge is -2.09. The molecule has 0 aromatic heterocycles. The highest BCUT2D eigenvalue weighted by molar-refractivity contribution is 8.21. The fourth-order valence-corrected chi connectivity index (χ4v) is 2.66. The van der Waals surface area contributed by atoms with Gasteiger partial charge in [0.15, 0.2) is 6.29 Å². The molecule has 0 unspecified atom stereocenters. The molecule has 0 heterocycles. The fourth-order valence-electron chi connectivity index (χ4n) is 1.65. The lowest BCUT2D eigenvalue weighted by molar-refractivity contribution is 0.112. The molecule has 0 atom stereocenters. The number of halogens is 2. The van der Waals surface area contributed by atoms with Crippen LogP contribution in [0.5, 0.6) is 0 Å². The monoisotopic (exact) mass is 282 g/mol. The molecule has 1 nitrogen and oxygen atoms in total. The molecule has 0 saturated heterocycles. The molecule has 0 saturated carbocycles. The number of aldehydes is 1. The Hall–Kier alpha value is -0.960. The molecule has 4 heteroatoms. The number of hydrogen-bond donors (Lipinski definition) is 0. The molecule has 2 aromatic rings. The van der Waals surface area contributed by atoms with E-state index in [4.69, 9.17) is 22.3 Å². The van der Waals surface area contributed by atoms with E-state index in [1.807, 2.05) is 36.4 Å². The van der Waals surface area contributed by atoms with Gasteiger partial charge in [-0.05, 0) is 44.9 Å². The smallest absolute Gasteiger partial charge is 0.152 e. The molecule has 0 radical (unpaired) electrons. The Kier molecular flexibility index (Phi) is 4.11. The summed E-state index contributed by atoms with van der Waals surface area (Å²) >= 11 is 6.00. The minimum Gasteiger partial charge on any atom is -0.298 e. The number of carbonyl (C=O) groups is 1. The zero-order valence-electron chi connectivity index (χ0n) is 8.69. The summed E-state index contributed by atoms with van der Waals surface area (Å²) in [6, 6.07) is 13.0. The van der Waals surface area contributed by atoms with E-state index in [0.29, 0.717) is 10.6 Å². The standard InChI is InChI=1S/C13H8Cl2OS/c14-12-6-3-5-9(11(12)8-16)10-4-1-2-7-13(10)17-15/h1-8H. The quantitative estimate of drug-likeness (QED) is 0.732. The van der Waals surface area contributed by atoms with Gasteiger partial charge in [0.1, 0.15) is 0 Å². The molecule has 0 aliphatic carbocycles. The van der Waals surface area contributed by atoms with Crippen molar-refractivity contribution < 1.29 is 4.79 Å². The van der Waals surface area contributed by atoms with Crippen molar-refractivity contribution in [1.82, 2.24) is 0 Å². The molecule has 17 heavy (non-hydrogen) atoms. The van der Waals surface area contributed by atoms with Crippen LogP contribution in [0.2, 0.25) is 5.02 Å². The van der Waals surface area contributed by atoms with E-state index in [2.05, 4.69) is 0 Å². The van der Waals surface area contributed by atoms with E-state index in [9.17, 15) is 4.79 Å². The fraction of sp³-hybridized carbons (Fsp3) is 0. The molecule has 0 fully saturated rings. The maximum Gasteiger partial charge on any atom is 0.152 e. The van der Waals surface area contributed by atoms with Crippen molar-refractivity contribution in [3.8, 4) is 11.1 Å². The SMILES string of the molecule is O=Cc1c(Cl)cccc1-c1ccccc1SCl. The maximum absolute atomic E-state index is 11.1. The van der Waals surface area contributed by atoms with Gasteiger partial charge in [-0.3, -0.25) is 4.79 Å². The molecule has 2 rings (SSSR count). The Labute approximate surface area is 113 Å². The predicted octanol–water partition coefficient (Wildman–Crippen LogP) is 5.07. The van der Waals surface area contributed by atoms with Crippen LogP contribution in [0.4, 0.5) is 0 Å². The summed E-state index contributed by atoms with van der Waals surface area (Å²) in [5.41, 5.74) is 2.21. The van der Waals surface area contributed by atoms with Crippen LogP contribution in [0.3, 0.4) is 0 Å². The van der Waals surface area contributed by atoms with Crippen LogP contribution >= 0.6 is 33.3 Å². The third-order valence-corrected chi connectivity index (χ3v) is 3.78. The molecule has 0 N–H and O–H groups in total. The number of rotatable bonds is 3.